The van der Waals surface area contributed by atoms with Crippen LogP contribution in [0.25, 0.3) is 0 Å². The first-order chi connectivity index (χ1) is 10.5. The fourth-order valence-electron chi connectivity index (χ4n) is 7.76. The third-order valence-corrected chi connectivity index (χ3v) is 8.71. The molecule has 0 aliphatic heterocycles. The molecule has 4 fully saturated rings. The molecule has 0 aromatic carbocycles. The van der Waals surface area contributed by atoms with Gasteiger partial charge in [0.2, 0.25) is 0 Å². The molecule has 0 amide bonds. The van der Waals surface area contributed by atoms with Gasteiger partial charge in [0.1, 0.15) is 5.78 Å². The van der Waals surface area contributed by atoms with E-state index in [1.165, 1.54) is 57.8 Å². The van der Waals surface area contributed by atoms with Gasteiger partial charge in [-0.3, -0.25) is 4.79 Å². The number of hydrogen-bond acceptors (Lipinski definition) is 1. The van der Waals surface area contributed by atoms with Crippen molar-refractivity contribution in [2.45, 2.75) is 78.6 Å². The van der Waals surface area contributed by atoms with Crippen LogP contribution in [0.15, 0.2) is 0 Å². The smallest absolute Gasteiger partial charge is 0.133 e. The molecule has 4 rings (SSSR count). The van der Waals surface area contributed by atoms with Gasteiger partial charge in [-0.15, -0.1) is 0 Å². The van der Waals surface area contributed by atoms with E-state index in [0.717, 1.165) is 35.5 Å². The van der Waals surface area contributed by atoms with Gasteiger partial charge in [0.15, 0.2) is 0 Å². The van der Waals surface area contributed by atoms with Gasteiger partial charge >= 0.3 is 0 Å². The Kier molecular flexibility index (Phi) is 3.70. The summed E-state index contributed by atoms with van der Waals surface area (Å²) in [5.41, 5.74) is 0.349. The molecule has 4 saturated carbocycles. The Bertz CT molecular complexity index is 455. The van der Waals surface area contributed by atoms with Crippen LogP contribution in [0.4, 0.5) is 0 Å². The van der Waals surface area contributed by atoms with Crippen molar-refractivity contribution >= 4 is 5.78 Å². The van der Waals surface area contributed by atoms with Crippen molar-refractivity contribution in [2.75, 3.05) is 0 Å². The van der Waals surface area contributed by atoms with Crippen molar-refractivity contribution in [3.8, 4) is 0 Å². The Balaban J connectivity index is 1.56. The van der Waals surface area contributed by atoms with Gasteiger partial charge in [0, 0.05) is 5.92 Å². The van der Waals surface area contributed by atoms with E-state index >= 15 is 0 Å². The van der Waals surface area contributed by atoms with E-state index in [-0.39, 0.29) is 0 Å². The van der Waals surface area contributed by atoms with Gasteiger partial charge < -0.3 is 0 Å². The first kappa shape index (κ1) is 15.2. The Morgan fingerprint density at radius 1 is 0.909 bits per heavy atom. The number of ketones is 1. The highest BCUT2D eigenvalue weighted by Gasteiger charge is 2.57. The minimum Gasteiger partial charge on any atom is -0.300 e. The number of Topliss-reactive ketones (excluding diaryl/α,β-unsaturated/α-hetero) is 1. The summed E-state index contributed by atoms with van der Waals surface area (Å²) in [5, 5.41) is 0. The maximum absolute atomic E-state index is 12.1. The van der Waals surface area contributed by atoms with Crippen molar-refractivity contribution in [3.05, 3.63) is 0 Å². The van der Waals surface area contributed by atoms with Gasteiger partial charge in [-0.2, -0.15) is 0 Å². The number of carbonyl (C=O) groups excluding carboxylic acids is 1. The third-order valence-electron chi connectivity index (χ3n) is 8.71. The zero-order valence-electron chi connectivity index (χ0n) is 14.8. The van der Waals surface area contributed by atoms with Crippen LogP contribution in [-0.2, 0) is 4.79 Å². The molecule has 0 saturated heterocycles. The van der Waals surface area contributed by atoms with E-state index in [2.05, 4.69) is 13.8 Å². The first-order valence-electron chi connectivity index (χ1n) is 10.0. The van der Waals surface area contributed by atoms with Gasteiger partial charge in [-0.25, -0.2) is 0 Å². The van der Waals surface area contributed by atoms with Crippen LogP contribution >= 0.6 is 0 Å². The third kappa shape index (κ3) is 2.13. The average Bonchev–Trinajstić information content (AvgIpc) is 2.84. The molecule has 0 radical (unpaired) electrons. The Morgan fingerprint density at radius 2 is 1.68 bits per heavy atom. The number of fused-ring (bicyclic) bond motifs is 5. The predicted octanol–water partition coefficient (Wildman–Crippen LogP) is 5.48. The number of hydrogen-bond donors (Lipinski definition) is 0. The van der Waals surface area contributed by atoms with Crippen LogP contribution in [-0.4, -0.2) is 5.78 Å². The fraction of sp³-hybridized carbons (Fsp3) is 0.952. The zero-order valence-corrected chi connectivity index (χ0v) is 14.8. The largest absolute Gasteiger partial charge is 0.300 e. The molecular formula is C21H34O. The van der Waals surface area contributed by atoms with E-state index < -0.39 is 0 Å². The summed E-state index contributed by atoms with van der Waals surface area (Å²) < 4.78 is 0. The SMILES string of the molecule is CC(=O)[C@H]1CCC2[C@@H]3CC[C@@H]4C[C@@H](C)CC[C@@H]4C3CC[C@@]21C. The van der Waals surface area contributed by atoms with Crippen molar-refractivity contribution in [2.24, 2.45) is 46.8 Å². The van der Waals surface area contributed by atoms with Gasteiger partial charge in [-0.05, 0) is 99.2 Å². The molecule has 0 aromatic heterocycles. The molecule has 0 aromatic rings. The van der Waals surface area contributed by atoms with Crippen molar-refractivity contribution < 1.29 is 4.79 Å². The number of rotatable bonds is 1. The lowest BCUT2D eigenvalue weighted by Crippen LogP contribution is -2.49. The highest BCUT2D eigenvalue weighted by atomic mass is 16.1. The summed E-state index contributed by atoms with van der Waals surface area (Å²) >= 11 is 0. The molecule has 4 aliphatic rings. The molecule has 22 heavy (non-hydrogen) atoms. The molecular weight excluding hydrogens is 268 g/mol. The van der Waals surface area contributed by atoms with Crippen LogP contribution < -0.4 is 0 Å². The minimum atomic E-state index is 0.349. The molecule has 124 valence electrons. The van der Waals surface area contributed by atoms with Crippen molar-refractivity contribution in [3.63, 3.8) is 0 Å². The second kappa shape index (κ2) is 5.35. The summed E-state index contributed by atoms with van der Waals surface area (Å²) in [6.07, 6.45) is 12.7. The summed E-state index contributed by atoms with van der Waals surface area (Å²) in [4.78, 5) is 12.1. The van der Waals surface area contributed by atoms with Crippen LogP contribution in [0.2, 0.25) is 0 Å². The standard InChI is InChI=1S/C21H34O/c1-13-4-6-16-15(12-13)5-7-18-17(16)10-11-21(3)19(14(2)22)8-9-20(18)21/h13,15-20H,4-12H2,1-3H3/t13-,15+,16-,17?,18+,19+,20?,21+/m0/s1. The molecule has 0 spiro atoms. The first-order valence-corrected chi connectivity index (χ1v) is 10.0. The van der Waals surface area contributed by atoms with E-state index in [4.69, 9.17) is 0 Å². The van der Waals surface area contributed by atoms with Crippen molar-refractivity contribution in [1.82, 2.24) is 0 Å². The maximum atomic E-state index is 12.1. The van der Waals surface area contributed by atoms with Gasteiger partial charge in [0.25, 0.3) is 0 Å². The predicted molar refractivity (Wildman–Crippen MR) is 90.4 cm³/mol. The molecule has 8 atom stereocenters. The second-order valence-electron chi connectivity index (χ2n) is 9.64. The highest BCUT2D eigenvalue weighted by Crippen LogP contribution is 2.64. The molecule has 0 heterocycles. The molecule has 2 unspecified atom stereocenters. The van der Waals surface area contributed by atoms with Crippen molar-refractivity contribution in [1.29, 1.82) is 0 Å². The highest BCUT2D eigenvalue weighted by molar-refractivity contribution is 5.79. The van der Waals surface area contributed by atoms with Crippen LogP contribution in [0, 0.1) is 46.8 Å². The summed E-state index contributed by atoms with van der Waals surface area (Å²) in [5.74, 6) is 6.73. The Morgan fingerprint density at radius 3 is 2.45 bits per heavy atom. The fourth-order valence-corrected chi connectivity index (χ4v) is 7.76. The number of carbonyl (C=O) groups is 1. The molecule has 0 N–H and O–H groups in total. The zero-order chi connectivity index (χ0) is 15.5. The van der Waals surface area contributed by atoms with Crippen LogP contribution in [0.1, 0.15) is 78.6 Å². The lowest BCUT2D eigenvalue weighted by atomic mass is 9.49. The lowest BCUT2D eigenvalue weighted by Gasteiger charge is -2.56. The molecule has 4 aliphatic carbocycles. The van der Waals surface area contributed by atoms with E-state index in [9.17, 15) is 4.79 Å². The molecule has 1 nitrogen and oxygen atoms in total. The van der Waals surface area contributed by atoms with E-state index in [1.54, 1.807) is 0 Å². The quantitative estimate of drug-likeness (QED) is 0.627. The maximum Gasteiger partial charge on any atom is 0.133 e. The van der Waals surface area contributed by atoms with E-state index in [1.807, 2.05) is 6.92 Å². The normalized spacial score (nSPS) is 54.2. The lowest BCUT2D eigenvalue weighted by molar-refractivity contribution is -0.128. The van der Waals surface area contributed by atoms with Gasteiger partial charge in [-0.1, -0.05) is 20.3 Å². The Hall–Kier alpha value is -0.330. The summed E-state index contributed by atoms with van der Waals surface area (Å²) in [7, 11) is 0. The van der Waals surface area contributed by atoms with E-state index in [0.29, 0.717) is 17.1 Å². The van der Waals surface area contributed by atoms with Crippen LogP contribution in [0.5, 0.6) is 0 Å². The molecule has 1 heteroatoms. The average molecular weight is 303 g/mol. The second-order valence-corrected chi connectivity index (χ2v) is 9.64. The monoisotopic (exact) mass is 302 g/mol. The minimum absolute atomic E-state index is 0.349. The Labute approximate surface area is 136 Å². The topological polar surface area (TPSA) is 17.1 Å². The summed E-state index contributed by atoms with van der Waals surface area (Å²) in [6, 6.07) is 0. The van der Waals surface area contributed by atoms with Crippen LogP contribution in [0.3, 0.4) is 0 Å². The summed E-state index contributed by atoms with van der Waals surface area (Å²) in [6.45, 7) is 6.79. The molecule has 0 bridgehead atoms. The van der Waals surface area contributed by atoms with Gasteiger partial charge in [0.05, 0.1) is 0 Å².